The third-order valence-corrected chi connectivity index (χ3v) is 6.28. The summed E-state index contributed by atoms with van der Waals surface area (Å²) in [7, 11) is 0. The summed E-state index contributed by atoms with van der Waals surface area (Å²) in [5, 5.41) is 10.7. The van der Waals surface area contributed by atoms with Crippen molar-refractivity contribution in [1.82, 2.24) is 9.80 Å². The zero-order valence-corrected chi connectivity index (χ0v) is 20.1. The van der Waals surface area contributed by atoms with Crippen molar-refractivity contribution < 1.29 is 14.7 Å². The van der Waals surface area contributed by atoms with Gasteiger partial charge >= 0.3 is 0 Å². The maximum absolute atomic E-state index is 13.1. The van der Waals surface area contributed by atoms with Gasteiger partial charge in [0.15, 0.2) is 11.5 Å². The first kappa shape index (κ1) is 24.0. The molecular weight excluding hydrogens is 468 g/mol. The summed E-state index contributed by atoms with van der Waals surface area (Å²) >= 11 is 3.44. The van der Waals surface area contributed by atoms with Gasteiger partial charge in [0.2, 0.25) is 0 Å². The van der Waals surface area contributed by atoms with E-state index in [4.69, 9.17) is 0 Å². The average Bonchev–Trinajstić information content (AvgIpc) is 3.06. The molecular formula is C26H29BrN2O3. The molecule has 2 aromatic rings. The molecule has 1 atom stereocenters. The predicted molar refractivity (Wildman–Crippen MR) is 131 cm³/mol. The lowest BCUT2D eigenvalue weighted by Crippen LogP contribution is -2.34. The van der Waals surface area contributed by atoms with Crippen molar-refractivity contribution in [1.29, 1.82) is 0 Å². The second-order valence-electron chi connectivity index (χ2n) is 7.70. The van der Waals surface area contributed by atoms with E-state index < -0.39 is 17.7 Å². The number of benzene rings is 2. The Morgan fingerprint density at radius 1 is 1.09 bits per heavy atom. The third-order valence-electron chi connectivity index (χ3n) is 5.75. The Kier molecular flexibility index (Phi) is 8.42. The van der Waals surface area contributed by atoms with Gasteiger partial charge in [0.1, 0.15) is 0 Å². The number of nitrogens with zero attached hydrogens (tertiary/aromatic N) is 2. The number of hydrogen-bond donors (Lipinski definition) is 1. The lowest BCUT2D eigenvalue weighted by molar-refractivity contribution is -0.129. The van der Waals surface area contributed by atoms with Crippen LogP contribution in [0.2, 0.25) is 0 Å². The van der Waals surface area contributed by atoms with Crippen LogP contribution in [0.25, 0.3) is 6.08 Å². The minimum Gasteiger partial charge on any atom is -0.503 e. The normalized spacial score (nSPS) is 16.6. The zero-order chi connectivity index (χ0) is 23.1. The molecule has 168 valence electrons. The molecule has 0 bridgehead atoms. The van der Waals surface area contributed by atoms with Crippen molar-refractivity contribution in [2.24, 2.45) is 0 Å². The van der Waals surface area contributed by atoms with Gasteiger partial charge in [0.05, 0.1) is 11.6 Å². The quantitative estimate of drug-likeness (QED) is 0.461. The van der Waals surface area contributed by atoms with E-state index in [0.717, 1.165) is 41.7 Å². The third kappa shape index (κ3) is 5.56. The molecule has 32 heavy (non-hydrogen) atoms. The molecule has 1 unspecified atom stereocenters. The highest BCUT2D eigenvalue weighted by molar-refractivity contribution is 9.10. The second-order valence-corrected chi connectivity index (χ2v) is 8.62. The monoisotopic (exact) mass is 496 g/mol. The van der Waals surface area contributed by atoms with E-state index in [1.807, 2.05) is 54.6 Å². The molecule has 0 saturated heterocycles. The fourth-order valence-corrected chi connectivity index (χ4v) is 4.22. The van der Waals surface area contributed by atoms with Crippen LogP contribution in [0.4, 0.5) is 0 Å². The number of allylic oxidation sites excluding steroid dienone is 1. The Hall–Kier alpha value is -2.70. The summed E-state index contributed by atoms with van der Waals surface area (Å²) in [6.07, 6.45) is 3.89. The molecule has 2 aromatic carbocycles. The highest BCUT2D eigenvalue weighted by Gasteiger charge is 2.42. The standard InChI is InChI=1S/C26H29BrN2O3/c1-3-28(4-2)17-8-18-29-24(20-12-14-21(27)15-13-20)23(25(31)26(29)32)22(30)16-11-19-9-6-5-7-10-19/h5-7,9-16,24,31H,3-4,8,17-18H2,1-2H3. The number of rotatable bonds is 10. The first-order chi connectivity index (χ1) is 15.5. The summed E-state index contributed by atoms with van der Waals surface area (Å²) in [4.78, 5) is 30.0. The smallest absolute Gasteiger partial charge is 0.290 e. The molecule has 0 spiro atoms. The number of halogens is 1. The zero-order valence-electron chi connectivity index (χ0n) is 18.5. The van der Waals surface area contributed by atoms with Crippen molar-refractivity contribution in [3.05, 3.63) is 87.6 Å². The molecule has 3 rings (SSSR count). The molecule has 1 aliphatic rings. The SMILES string of the molecule is CCN(CC)CCCN1C(=O)C(O)=C(C(=O)C=Cc2ccccc2)C1c1ccc(Br)cc1. The molecule has 0 fully saturated rings. The van der Waals surface area contributed by atoms with Gasteiger partial charge in [-0.3, -0.25) is 9.59 Å². The van der Waals surface area contributed by atoms with Gasteiger partial charge in [0, 0.05) is 11.0 Å². The van der Waals surface area contributed by atoms with Crippen molar-refractivity contribution >= 4 is 33.7 Å². The van der Waals surface area contributed by atoms with Crippen molar-refractivity contribution in [2.45, 2.75) is 26.3 Å². The van der Waals surface area contributed by atoms with Crippen LogP contribution in [-0.2, 0) is 9.59 Å². The van der Waals surface area contributed by atoms with Crippen LogP contribution in [0.15, 0.2) is 76.5 Å². The van der Waals surface area contributed by atoms with E-state index in [1.165, 1.54) is 6.08 Å². The van der Waals surface area contributed by atoms with E-state index in [1.54, 1.807) is 11.0 Å². The van der Waals surface area contributed by atoms with Crippen LogP contribution < -0.4 is 0 Å². The Bertz CT molecular complexity index is 995. The fourth-order valence-electron chi connectivity index (χ4n) is 3.96. The number of aliphatic hydroxyl groups is 1. The molecule has 0 radical (unpaired) electrons. The van der Waals surface area contributed by atoms with E-state index >= 15 is 0 Å². The van der Waals surface area contributed by atoms with Crippen molar-refractivity contribution in [2.75, 3.05) is 26.2 Å². The first-order valence-corrected chi connectivity index (χ1v) is 11.7. The maximum Gasteiger partial charge on any atom is 0.290 e. The fraction of sp³-hybridized carbons (Fsp3) is 0.308. The number of carbonyl (C=O) groups is 2. The van der Waals surface area contributed by atoms with Gasteiger partial charge < -0.3 is 14.9 Å². The summed E-state index contributed by atoms with van der Waals surface area (Å²) in [5.41, 5.74) is 1.80. The van der Waals surface area contributed by atoms with Crippen molar-refractivity contribution in [3.8, 4) is 0 Å². The molecule has 1 N–H and O–H groups in total. The molecule has 1 heterocycles. The minimum absolute atomic E-state index is 0.132. The van der Waals surface area contributed by atoms with Gasteiger partial charge in [-0.25, -0.2) is 0 Å². The molecule has 5 nitrogen and oxygen atoms in total. The van der Waals surface area contributed by atoms with E-state index in [9.17, 15) is 14.7 Å². The second kappa shape index (κ2) is 11.2. The van der Waals surface area contributed by atoms with Crippen LogP contribution in [0, 0.1) is 0 Å². The largest absolute Gasteiger partial charge is 0.503 e. The van der Waals surface area contributed by atoms with Crippen molar-refractivity contribution in [3.63, 3.8) is 0 Å². The average molecular weight is 497 g/mol. The van der Waals surface area contributed by atoms with Crippen LogP contribution in [-0.4, -0.2) is 52.8 Å². The number of carbonyl (C=O) groups excluding carboxylic acids is 2. The molecule has 1 aliphatic heterocycles. The molecule has 1 amide bonds. The Morgan fingerprint density at radius 3 is 2.38 bits per heavy atom. The first-order valence-electron chi connectivity index (χ1n) is 11.0. The van der Waals surface area contributed by atoms with Gasteiger partial charge in [-0.15, -0.1) is 0 Å². The van der Waals surface area contributed by atoms with Gasteiger partial charge in [0.25, 0.3) is 5.91 Å². The van der Waals surface area contributed by atoms with E-state index in [-0.39, 0.29) is 11.4 Å². The Morgan fingerprint density at radius 2 is 1.75 bits per heavy atom. The summed E-state index contributed by atoms with van der Waals surface area (Å²) in [6, 6.07) is 16.4. The summed E-state index contributed by atoms with van der Waals surface area (Å²) in [5.74, 6) is -1.31. The van der Waals surface area contributed by atoms with Crippen LogP contribution in [0.3, 0.4) is 0 Å². The van der Waals surface area contributed by atoms with Crippen LogP contribution in [0.1, 0.15) is 37.4 Å². The highest BCUT2D eigenvalue weighted by atomic mass is 79.9. The minimum atomic E-state index is -0.611. The maximum atomic E-state index is 13.1. The van der Waals surface area contributed by atoms with Gasteiger partial charge in [-0.1, -0.05) is 78.3 Å². The number of aliphatic hydroxyl groups excluding tert-OH is 1. The number of ketones is 1. The van der Waals surface area contributed by atoms with Crippen LogP contribution in [0.5, 0.6) is 0 Å². The van der Waals surface area contributed by atoms with Crippen LogP contribution >= 0.6 is 15.9 Å². The summed E-state index contributed by atoms with van der Waals surface area (Å²) in [6.45, 7) is 7.41. The highest BCUT2D eigenvalue weighted by Crippen LogP contribution is 2.38. The molecule has 0 saturated carbocycles. The van der Waals surface area contributed by atoms with Gasteiger partial charge in [-0.05, 0) is 55.4 Å². The Labute approximate surface area is 198 Å². The number of amides is 1. The molecule has 6 heteroatoms. The van der Waals surface area contributed by atoms with E-state index in [0.29, 0.717) is 6.54 Å². The molecule has 0 aliphatic carbocycles. The van der Waals surface area contributed by atoms with Gasteiger partial charge in [-0.2, -0.15) is 0 Å². The molecule has 0 aromatic heterocycles. The van der Waals surface area contributed by atoms with E-state index in [2.05, 4.69) is 34.7 Å². The number of hydrogen-bond acceptors (Lipinski definition) is 4. The Balaban J connectivity index is 1.89. The topological polar surface area (TPSA) is 60.9 Å². The lowest BCUT2D eigenvalue weighted by Gasteiger charge is -2.28. The predicted octanol–water partition coefficient (Wildman–Crippen LogP) is 5.16. The lowest BCUT2D eigenvalue weighted by atomic mass is 9.95. The summed E-state index contributed by atoms with van der Waals surface area (Å²) < 4.78 is 0.906.